The number of anilines is 3. The van der Waals surface area contributed by atoms with Gasteiger partial charge in [-0.1, -0.05) is 166 Å². The molecule has 2 aromatic heterocycles. The van der Waals surface area contributed by atoms with E-state index in [-0.39, 0.29) is 23.7 Å². The lowest BCUT2D eigenvalue weighted by molar-refractivity contribution is 0.220. The number of hydrogen-bond acceptors (Lipinski definition) is 7. The van der Waals surface area contributed by atoms with Gasteiger partial charge in [0.2, 0.25) is 11.9 Å². The van der Waals surface area contributed by atoms with Crippen LogP contribution in [-0.2, 0) is 25.9 Å². The normalized spacial score (nSPS) is 17.5. The molecule has 1 fully saturated rings. The van der Waals surface area contributed by atoms with Crippen molar-refractivity contribution in [3.63, 3.8) is 0 Å². The van der Waals surface area contributed by atoms with Crippen molar-refractivity contribution in [1.82, 2.24) is 19.9 Å². The second-order valence-electron chi connectivity index (χ2n) is 15.5. The van der Waals surface area contributed by atoms with Crippen LogP contribution < -0.4 is 16.0 Å². The minimum atomic E-state index is 0.0483. The van der Waals surface area contributed by atoms with E-state index in [0.29, 0.717) is 30.9 Å². The van der Waals surface area contributed by atoms with Gasteiger partial charge in [0.15, 0.2) is 0 Å². The zero-order chi connectivity index (χ0) is 38.8. The third kappa shape index (κ3) is 9.38. The van der Waals surface area contributed by atoms with E-state index in [1.165, 1.54) is 27.8 Å². The molecule has 57 heavy (non-hydrogen) atoms. The van der Waals surface area contributed by atoms with Gasteiger partial charge >= 0.3 is 0 Å². The van der Waals surface area contributed by atoms with Gasteiger partial charge in [-0.15, -0.1) is 0 Å². The zero-order valence-electron chi connectivity index (χ0n) is 32.8. The first-order valence-corrected chi connectivity index (χ1v) is 20.3. The first-order chi connectivity index (χ1) is 28.1. The number of hydrogen-bond donors (Lipinski definition) is 3. The fourth-order valence-electron chi connectivity index (χ4n) is 8.14. The highest BCUT2D eigenvalue weighted by atomic mass is 15.1. The summed E-state index contributed by atoms with van der Waals surface area (Å²) in [5.74, 6) is 2.90. The predicted molar refractivity (Wildman–Crippen MR) is 233 cm³/mol. The minimum absolute atomic E-state index is 0.0483. The summed E-state index contributed by atoms with van der Waals surface area (Å²) in [5, 5.41) is 10.8. The third-order valence-electron chi connectivity index (χ3n) is 10.9. The van der Waals surface area contributed by atoms with Crippen molar-refractivity contribution in [1.29, 1.82) is 0 Å². The standard InChI is InChI=1S/C50H51N7/c1-35(2)32-52-49-54-41(29-28-36-18-8-3-9-19-36)30-42(55-49)47-45(39-24-14-6-15-25-39)48(46(47)40-26-16-7-17-27-40)43-31-44(51-33-37-20-10-4-11-21-37)57-50(56-43)53-34-38-22-12-5-13-23-38/h3-27,30-31,35,45-48H,28-29,32-34H2,1-2H3,(H,52,54,55)(H2,51,53,56,57)/t45-,46-,47?,48?/m1/s1. The van der Waals surface area contributed by atoms with Gasteiger partial charge in [0.1, 0.15) is 5.82 Å². The van der Waals surface area contributed by atoms with Gasteiger partial charge < -0.3 is 16.0 Å². The van der Waals surface area contributed by atoms with Gasteiger partial charge in [0.05, 0.1) is 11.4 Å². The Balaban J connectivity index is 1.22. The summed E-state index contributed by atoms with van der Waals surface area (Å²) < 4.78 is 0. The maximum Gasteiger partial charge on any atom is 0.225 e. The number of nitrogens with zero attached hydrogens (tertiary/aromatic N) is 4. The van der Waals surface area contributed by atoms with Gasteiger partial charge in [-0.25, -0.2) is 15.0 Å². The van der Waals surface area contributed by atoms with Crippen molar-refractivity contribution in [2.24, 2.45) is 5.92 Å². The maximum absolute atomic E-state index is 5.34. The molecule has 1 aliphatic rings. The van der Waals surface area contributed by atoms with Crippen LogP contribution in [0.2, 0.25) is 0 Å². The van der Waals surface area contributed by atoms with E-state index in [9.17, 15) is 0 Å². The Bertz CT molecular complexity index is 2190. The Kier molecular flexibility index (Phi) is 11.9. The van der Waals surface area contributed by atoms with E-state index >= 15 is 0 Å². The molecule has 8 rings (SSSR count). The van der Waals surface area contributed by atoms with Gasteiger partial charge in [-0.3, -0.25) is 0 Å². The minimum Gasteiger partial charge on any atom is -0.366 e. The second-order valence-corrected chi connectivity index (χ2v) is 15.5. The highest BCUT2D eigenvalue weighted by Gasteiger charge is 2.54. The molecular weight excluding hydrogens is 699 g/mol. The largest absolute Gasteiger partial charge is 0.366 e. The van der Waals surface area contributed by atoms with E-state index in [0.717, 1.165) is 42.3 Å². The molecule has 0 amide bonds. The summed E-state index contributed by atoms with van der Waals surface area (Å²) in [7, 11) is 0. The van der Waals surface area contributed by atoms with Crippen molar-refractivity contribution < 1.29 is 0 Å². The Morgan fingerprint density at radius 3 is 1.42 bits per heavy atom. The highest BCUT2D eigenvalue weighted by Crippen LogP contribution is 2.66. The van der Waals surface area contributed by atoms with E-state index < -0.39 is 0 Å². The van der Waals surface area contributed by atoms with Crippen LogP contribution in [0.1, 0.15) is 82.4 Å². The van der Waals surface area contributed by atoms with Crippen LogP contribution in [0.3, 0.4) is 0 Å². The smallest absolute Gasteiger partial charge is 0.225 e. The molecule has 0 radical (unpaired) electrons. The average molecular weight is 750 g/mol. The van der Waals surface area contributed by atoms with Crippen molar-refractivity contribution >= 4 is 17.7 Å². The van der Waals surface area contributed by atoms with E-state index in [1.807, 2.05) is 12.1 Å². The summed E-state index contributed by atoms with van der Waals surface area (Å²) in [6.07, 6.45) is 1.74. The SMILES string of the molecule is CC(C)CNc1nc(CCc2ccccc2)cc(C2[C@@H](c3ccccc3)C(c3cc(NCc4ccccc4)nc(NCc4ccccc4)n3)[C@@H]2c2ccccc2)n1. The van der Waals surface area contributed by atoms with E-state index in [2.05, 4.69) is 181 Å². The van der Waals surface area contributed by atoms with Gasteiger partial charge in [0, 0.05) is 55.1 Å². The van der Waals surface area contributed by atoms with Crippen LogP contribution in [-0.4, -0.2) is 26.5 Å². The molecule has 5 aromatic carbocycles. The molecule has 2 atom stereocenters. The van der Waals surface area contributed by atoms with Crippen LogP contribution in [0.15, 0.2) is 164 Å². The van der Waals surface area contributed by atoms with E-state index in [1.54, 1.807) is 0 Å². The molecule has 7 heteroatoms. The second kappa shape index (κ2) is 18.1. The van der Waals surface area contributed by atoms with Crippen LogP contribution in [0.4, 0.5) is 17.7 Å². The molecular formula is C50H51N7. The molecule has 0 bridgehead atoms. The van der Waals surface area contributed by atoms with E-state index in [4.69, 9.17) is 19.9 Å². The number of aryl methyl sites for hydroxylation is 2. The molecule has 7 nitrogen and oxygen atoms in total. The van der Waals surface area contributed by atoms with Gasteiger partial charge in [0.25, 0.3) is 0 Å². The summed E-state index contributed by atoms with van der Waals surface area (Å²) in [6.45, 7) is 6.52. The van der Waals surface area contributed by atoms with Crippen LogP contribution in [0, 0.1) is 5.92 Å². The highest BCUT2D eigenvalue weighted by molar-refractivity contribution is 5.51. The fraction of sp³-hybridized carbons (Fsp3) is 0.240. The molecule has 0 aliphatic heterocycles. The predicted octanol–water partition coefficient (Wildman–Crippen LogP) is 10.8. The van der Waals surface area contributed by atoms with Crippen LogP contribution in [0.5, 0.6) is 0 Å². The third-order valence-corrected chi connectivity index (χ3v) is 10.9. The first-order valence-electron chi connectivity index (χ1n) is 20.3. The first kappa shape index (κ1) is 37.6. The fourth-order valence-corrected chi connectivity index (χ4v) is 8.14. The Morgan fingerprint density at radius 1 is 0.439 bits per heavy atom. The Labute approximate surface area is 337 Å². The van der Waals surface area contributed by atoms with Crippen LogP contribution >= 0.6 is 0 Å². The molecule has 0 saturated heterocycles. The van der Waals surface area contributed by atoms with Crippen molar-refractivity contribution in [3.05, 3.63) is 209 Å². The summed E-state index contributed by atoms with van der Waals surface area (Å²) >= 11 is 0. The number of benzene rings is 5. The lowest BCUT2D eigenvalue weighted by atomic mass is 9.50. The summed E-state index contributed by atoms with van der Waals surface area (Å²) in [6, 6.07) is 57.9. The quantitative estimate of drug-likeness (QED) is 0.0907. The Hall–Kier alpha value is -6.34. The molecule has 2 heterocycles. The molecule has 1 saturated carbocycles. The molecule has 0 unspecified atom stereocenters. The molecule has 3 N–H and O–H groups in total. The average Bonchev–Trinajstić information content (AvgIpc) is 3.25. The molecule has 1 aliphatic carbocycles. The molecule has 286 valence electrons. The zero-order valence-corrected chi connectivity index (χ0v) is 32.8. The number of aromatic nitrogens is 4. The topological polar surface area (TPSA) is 87.7 Å². The van der Waals surface area contributed by atoms with Crippen LogP contribution in [0.25, 0.3) is 0 Å². The summed E-state index contributed by atoms with van der Waals surface area (Å²) in [5.41, 5.74) is 9.35. The number of rotatable bonds is 16. The lowest BCUT2D eigenvalue weighted by Gasteiger charge is -2.52. The maximum atomic E-state index is 5.34. The molecule has 0 spiro atoms. The van der Waals surface area contributed by atoms with Crippen molar-refractivity contribution in [2.75, 3.05) is 22.5 Å². The number of nitrogens with one attached hydrogen (secondary N) is 3. The lowest BCUT2D eigenvalue weighted by Crippen LogP contribution is -2.41. The molecule has 7 aromatic rings. The van der Waals surface area contributed by atoms with Gasteiger partial charge in [-0.2, -0.15) is 4.98 Å². The van der Waals surface area contributed by atoms with Crippen molar-refractivity contribution in [2.45, 2.75) is 63.5 Å². The van der Waals surface area contributed by atoms with Crippen molar-refractivity contribution in [3.8, 4) is 0 Å². The van der Waals surface area contributed by atoms with Gasteiger partial charge in [-0.05, 0) is 52.6 Å². The Morgan fingerprint density at radius 2 is 0.895 bits per heavy atom. The summed E-state index contributed by atoms with van der Waals surface area (Å²) in [4.78, 5) is 20.8. The monoisotopic (exact) mass is 749 g/mol.